The second-order valence-electron chi connectivity index (χ2n) is 5.23. The number of nitro groups is 1. The highest BCUT2D eigenvalue weighted by atomic mass is 16.6. The summed E-state index contributed by atoms with van der Waals surface area (Å²) in [5.74, 6) is 0.439. The van der Waals surface area contributed by atoms with Crippen molar-refractivity contribution < 1.29 is 9.72 Å². The minimum Gasteiger partial charge on any atom is -0.339 e. The molecule has 0 atom stereocenters. The lowest BCUT2D eigenvalue weighted by molar-refractivity contribution is -0.385. The fourth-order valence-electron chi connectivity index (χ4n) is 2.37. The molecule has 1 aromatic carbocycles. The van der Waals surface area contributed by atoms with Crippen molar-refractivity contribution in [3.05, 3.63) is 39.4 Å². The van der Waals surface area contributed by atoms with Gasteiger partial charge in [-0.15, -0.1) is 0 Å². The van der Waals surface area contributed by atoms with Crippen LogP contribution in [0.2, 0.25) is 0 Å². The summed E-state index contributed by atoms with van der Waals surface area (Å²) in [4.78, 5) is 24.7. The van der Waals surface area contributed by atoms with Crippen LogP contribution in [0.5, 0.6) is 0 Å². The molecule has 0 N–H and O–H groups in total. The minimum absolute atomic E-state index is 0.0786. The summed E-state index contributed by atoms with van der Waals surface area (Å²) in [6.45, 7) is 5.01. The monoisotopic (exact) mass is 276 g/mol. The smallest absolute Gasteiger partial charge is 0.273 e. The van der Waals surface area contributed by atoms with Gasteiger partial charge >= 0.3 is 0 Å². The van der Waals surface area contributed by atoms with Crippen LogP contribution in [0.1, 0.15) is 42.6 Å². The Bertz CT molecular complexity index is 520. The zero-order valence-corrected chi connectivity index (χ0v) is 12.0. The summed E-state index contributed by atoms with van der Waals surface area (Å²) < 4.78 is 0. The van der Waals surface area contributed by atoms with Gasteiger partial charge in [-0.1, -0.05) is 6.07 Å². The Morgan fingerprint density at radius 1 is 1.35 bits per heavy atom. The molecule has 1 aliphatic carbocycles. The molecule has 1 fully saturated rings. The Labute approximate surface area is 118 Å². The fraction of sp³-hybridized carbons (Fsp3) is 0.533. The molecule has 2 rings (SSSR count). The standard InChI is InChI=1S/C15H20N2O3/c1-3-16(4-2)15(18)13-8-7-12(9-11-5-6-11)14(10-13)17(19)20/h7-8,10-11H,3-6,9H2,1-2H3. The van der Waals surface area contributed by atoms with Gasteiger partial charge in [0.05, 0.1) is 4.92 Å². The molecule has 0 heterocycles. The third kappa shape index (κ3) is 3.15. The van der Waals surface area contributed by atoms with Gasteiger partial charge in [-0.05, 0) is 45.1 Å². The molecule has 5 heteroatoms. The molecule has 5 nitrogen and oxygen atoms in total. The van der Waals surface area contributed by atoms with E-state index in [4.69, 9.17) is 0 Å². The van der Waals surface area contributed by atoms with E-state index in [1.165, 1.54) is 6.07 Å². The van der Waals surface area contributed by atoms with Gasteiger partial charge < -0.3 is 4.90 Å². The molecular weight excluding hydrogens is 256 g/mol. The van der Waals surface area contributed by atoms with Gasteiger partial charge in [-0.3, -0.25) is 14.9 Å². The molecule has 0 spiro atoms. The topological polar surface area (TPSA) is 63.5 Å². The van der Waals surface area contributed by atoms with Crippen LogP contribution < -0.4 is 0 Å². The van der Waals surface area contributed by atoms with Gasteiger partial charge in [0.1, 0.15) is 0 Å². The molecule has 20 heavy (non-hydrogen) atoms. The quantitative estimate of drug-likeness (QED) is 0.592. The highest BCUT2D eigenvalue weighted by Crippen LogP contribution is 2.35. The first-order chi connectivity index (χ1) is 9.56. The Hall–Kier alpha value is -1.91. The third-order valence-electron chi connectivity index (χ3n) is 3.79. The van der Waals surface area contributed by atoms with Crippen LogP contribution in [-0.4, -0.2) is 28.8 Å². The summed E-state index contributed by atoms with van der Waals surface area (Å²) in [6, 6.07) is 4.89. The molecule has 0 bridgehead atoms. The van der Waals surface area contributed by atoms with E-state index in [1.807, 2.05) is 13.8 Å². The Morgan fingerprint density at radius 2 is 2.00 bits per heavy atom. The number of nitrogens with zero attached hydrogens (tertiary/aromatic N) is 2. The highest BCUT2D eigenvalue weighted by molar-refractivity contribution is 5.95. The number of carbonyl (C=O) groups is 1. The zero-order valence-electron chi connectivity index (χ0n) is 12.0. The molecule has 0 aliphatic heterocycles. The average Bonchev–Trinajstić information content (AvgIpc) is 3.24. The molecule has 1 aromatic rings. The second kappa shape index (κ2) is 6.03. The van der Waals surface area contributed by atoms with E-state index in [0.29, 0.717) is 24.6 Å². The summed E-state index contributed by atoms with van der Waals surface area (Å²) in [5, 5.41) is 11.2. The van der Waals surface area contributed by atoms with Crippen molar-refractivity contribution >= 4 is 11.6 Å². The van der Waals surface area contributed by atoms with E-state index >= 15 is 0 Å². The molecule has 0 unspecified atom stereocenters. The van der Waals surface area contributed by atoms with E-state index in [0.717, 1.165) is 24.8 Å². The van der Waals surface area contributed by atoms with Crippen molar-refractivity contribution in [2.45, 2.75) is 33.1 Å². The number of hydrogen-bond donors (Lipinski definition) is 0. The normalized spacial score (nSPS) is 14.1. The Balaban J connectivity index is 2.28. The van der Waals surface area contributed by atoms with E-state index in [-0.39, 0.29) is 16.5 Å². The van der Waals surface area contributed by atoms with E-state index in [9.17, 15) is 14.9 Å². The van der Waals surface area contributed by atoms with Gasteiger partial charge in [-0.25, -0.2) is 0 Å². The lowest BCUT2D eigenvalue weighted by Crippen LogP contribution is -2.30. The van der Waals surface area contributed by atoms with Gasteiger partial charge in [0.25, 0.3) is 11.6 Å². The van der Waals surface area contributed by atoms with Gasteiger partial charge in [0.2, 0.25) is 0 Å². The number of benzene rings is 1. The first kappa shape index (κ1) is 14.5. The summed E-state index contributed by atoms with van der Waals surface area (Å²) in [7, 11) is 0. The van der Waals surface area contributed by atoms with Crippen molar-refractivity contribution in [3.8, 4) is 0 Å². The third-order valence-corrected chi connectivity index (χ3v) is 3.79. The largest absolute Gasteiger partial charge is 0.339 e. The van der Waals surface area contributed by atoms with Crippen molar-refractivity contribution in [3.63, 3.8) is 0 Å². The molecule has 0 radical (unpaired) electrons. The molecule has 1 saturated carbocycles. The molecule has 1 aliphatic rings. The van der Waals surface area contributed by atoms with E-state index in [2.05, 4.69) is 0 Å². The summed E-state index contributed by atoms with van der Waals surface area (Å²) >= 11 is 0. The van der Waals surface area contributed by atoms with Crippen LogP contribution in [0.3, 0.4) is 0 Å². The lowest BCUT2D eigenvalue weighted by atomic mass is 10.0. The van der Waals surface area contributed by atoms with Crippen LogP contribution in [0.25, 0.3) is 0 Å². The van der Waals surface area contributed by atoms with Crippen molar-refractivity contribution in [1.29, 1.82) is 0 Å². The van der Waals surface area contributed by atoms with Crippen LogP contribution in [0.4, 0.5) is 5.69 Å². The molecule has 0 aromatic heterocycles. The van der Waals surface area contributed by atoms with Gasteiger partial charge in [0, 0.05) is 30.3 Å². The molecular formula is C15H20N2O3. The van der Waals surface area contributed by atoms with Crippen LogP contribution in [0.15, 0.2) is 18.2 Å². The fourth-order valence-corrected chi connectivity index (χ4v) is 2.37. The maximum Gasteiger partial charge on any atom is 0.273 e. The number of carbonyl (C=O) groups excluding carboxylic acids is 1. The number of amides is 1. The predicted molar refractivity (Wildman–Crippen MR) is 76.8 cm³/mol. The van der Waals surface area contributed by atoms with Crippen LogP contribution in [-0.2, 0) is 6.42 Å². The minimum atomic E-state index is -0.378. The molecule has 108 valence electrons. The predicted octanol–water partition coefficient (Wildman–Crippen LogP) is 3.03. The highest BCUT2D eigenvalue weighted by Gasteiger charge is 2.26. The Kier molecular flexibility index (Phi) is 4.37. The molecule has 1 amide bonds. The number of rotatable bonds is 6. The van der Waals surface area contributed by atoms with Crippen molar-refractivity contribution in [1.82, 2.24) is 4.90 Å². The number of hydrogen-bond acceptors (Lipinski definition) is 3. The second-order valence-corrected chi connectivity index (χ2v) is 5.23. The first-order valence-electron chi connectivity index (χ1n) is 7.13. The van der Waals surface area contributed by atoms with Gasteiger partial charge in [-0.2, -0.15) is 0 Å². The van der Waals surface area contributed by atoms with Crippen LogP contribution >= 0.6 is 0 Å². The maximum atomic E-state index is 12.2. The molecule has 0 saturated heterocycles. The number of nitro benzene ring substituents is 1. The van der Waals surface area contributed by atoms with E-state index < -0.39 is 0 Å². The lowest BCUT2D eigenvalue weighted by Gasteiger charge is -2.18. The first-order valence-corrected chi connectivity index (χ1v) is 7.13. The van der Waals surface area contributed by atoms with Gasteiger partial charge in [0.15, 0.2) is 0 Å². The van der Waals surface area contributed by atoms with E-state index in [1.54, 1.807) is 17.0 Å². The average molecular weight is 276 g/mol. The maximum absolute atomic E-state index is 12.2. The van der Waals surface area contributed by atoms with Crippen molar-refractivity contribution in [2.24, 2.45) is 5.92 Å². The summed E-state index contributed by atoms with van der Waals surface area (Å²) in [5.41, 5.74) is 1.23. The summed E-state index contributed by atoms with van der Waals surface area (Å²) in [6.07, 6.45) is 3.05. The SMILES string of the molecule is CCN(CC)C(=O)c1ccc(CC2CC2)c([N+](=O)[O-])c1. The van der Waals surface area contributed by atoms with Crippen molar-refractivity contribution in [2.75, 3.05) is 13.1 Å². The van der Waals surface area contributed by atoms with Crippen LogP contribution in [0, 0.1) is 16.0 Å². The zero-order chi connectivity index (χ0) is 14.7. The Morgan fingerprint density at radius 3 is 2.50 bits per heavy atom.